The zero-order chi connectivity index (χ0) is 11.3. The Morgan fingerprint density at radius 2 is 2.07 bits per heavy atom. The molecule has 1 aromatic carbocycles. The van der Waals surface area contributed by atoms with Gasteiger partial charge in [-0.2, -0.15) is 5.06 Å². The smallest absolute Gasteiger partial charge is 0.338 e. The summed E-state index contributed by atoms with van der Waals surface area (Å²) in [7, 11) is 0. The standard InChI is InChI=1S/C10H11NO4/c1-2-15-10(13)8-3-5-9(6-4-8)11(14)7-12/h3-7,14H,2H2,1H3. The van der Waals surface area contributed by atoms with Crippen LogP contribution >= 0.6 is 0 Å². The predicted molar refractivity (Wildman–Crippen MR) is 52.7 cm³/mol. The van der Waals surface area contributed by atoms with Gasteiger partial charge in [-0.25, -0.2) is 4.79 Å². The summed E-state index contributed by atoms with van der Waals surface area (Å²) < 4.78 is 4.77. The van der Waals surface area contributed by atoms with Crippen molar-refractivity contribution in [1.82, 2.24) is 0 Å². The molecule has 0 aliphatic heterocycles. The highest BCUT2D eigenvalue weighted by Crippen LogP contribution is 2.12. The molecule has 0 fully saturated rings. The number of esters is 1. The van der Waals surface area contributed by atoms with Crippen LogP contribution in [-0.2, 0) is 9.53 Å². The maximum Gasteiger partial charge on any atom is 0.338 e. The predicted octanol–water partition coefficient (Wildman–Crippen LogP) is 1.22. The molecule has 15 heavy (non-hydrogen) atoms. The van der Waals surface area contributed by atoms with Crippen LogP contribution in [0.25, 0.3) is 0 Å². The minimum Gasteiger partial charge on any atom is -0.462 e. The first-order chi connectivity index (χ1) is 7.19. The second-order valence-corrected chi connectivity index (χ2v) is 2.72. The molecule has 0 aromatic heterocycles. The molecule has 1 N–H and O–H groups in total. The van der Waals surface area contributed by atoms with Gasteiger partial charge in [0.05, 0.1) is 17.9 Å². The quantitative estimate of drug-likeness (QED) is 0.350. The maximum absolute atomic E-state index is 11.2. The normalized spacial score (nSPS) is 9.47. The van der Waals surface area contributed by atoms with Crippen LogP contribution in [0, 0.1) is 0 Å². The molecular formula is C10H11NO4. The molecule has 0 unspecified atom stereocenters. The van der Waals surface area contributed by atoms with Crippen molar-refractivity contribution >= 4 is 18.1 Å². The molecule has 5 nitrogen and oxygen atoms in total. The van der Waals surface area contributed by atoms with E-state index in [0.717, 1.165) is 0 Å². The summed E-state index contributed by atoms with van der Waals surface area (Å²) >= 11 is 0. The van der Waals surface area contributed by atoms with Gasteiger partial charge in [0.2, 0.25) is 6.41 Å². The van der Waals surface area contributed by atoms with Gasteiger partial charge in [-0.1, -0.05) is 0 Å². The van der Waals surface area contributed by atoms with Crippen molar-refractivity contribution in [3.05, 3.63) is 29.8 Å². The van der Waals surface area contributed by atoms with Crippen LogP contribution in [0.2, 0.25) is 0 Å². The van der Waals surface area contributed by atoms with Crippen LogP contribution in [0.4, 0.5) is 5.69 Å². The van der Waals surface area contributed by atoms with Gasteiger partial charge in [0, 0.05) is 0 Å². The third-order valence-corrected chi connectivity index (χ3v) is 1.74. The van der Waals surface area contributed by atoms with E-state index >= 15 is 0 Å². The van der Waals surface area contributed by atoms with Gasteiger partial charge in [0.25, 0.3) is 0 Å². The molecule has 1 amide bonds. The molecule has 80 valence electrons. The molecule has 0 aliphatic carbocycles. The van der Waals surface area contributed by atoms with E-state index in [1.165, 1.54) is 24.3 Å². The van der Waals surface area contributed by atoms with Crippen molar-refractivity contribution in [2.24, 2.45) is 0 Å². The second-order valence-electron chi connectivity index (χ2n) is 2.72. The highest BCUT2D eigenvalue weighted by Gasteiger charge is 2.07. The third kappa shape index (κ3) is 2.78. The van der Waals surface area contributed by atoms with Gasteiger partial charge in [-0.3, -0.25) is 10.0 Å². The van der Waals surface area contributed by atoms with Gasteiger partial charge in [0.15, 0.2) is 0 Å². The summed E-state index contributed by atoms with van der Waals surface area (Å²) in [5, 5.41) is 9.44. The number of benzene rings is 1. The molecule has 1 aromatic rings. The Kier molecular flexibility index (Phi) is 3.82. The van der Waals surface area contributed by atoms with Crippen LogP contribution in [0.1, 0.15) is 17.3 Å². The van der Waals surface area contributed by atoms with E-state index in [4.69, 9.17) is 9.94 Å². The van der Waals surface area contributed by atoms with Crippen molar-refractivity contribution in [3.63, 3.8) is 0 Å². The number of carbonyl (C=O) groups excluding carboxylic acids is 2. The first kappa shape index (κ1) is 11.2. The van der Waals surface area contributed by atoms with Gasteiger partial charge in [-0.15, -0.1) is 0 Å². The van der Waals surface area contributed by atoms with Crippen molar-refractivity contribution in [3.8, 4) is 0 Å². The lowest BCUT2D eigenvalue weighted by Crippen LogP contribution is -2.14. The van der Waals surface area contributed by atoms with E-state index in [1.54, 1.807) is 6.92 Å². The van der Waals surface area contributed by atoms with E-state index < -0.39 is 5.97 Å². The molecular weight excluding hydrogens is 198 g/mol. The fraction of sp³-hybridized carbons (Fsp3) is 0.200. The molecule has 1 rings (SSSR count). The first-order valence-corrected chi connectivity index (χ1v) is 4.39. The third-order valence-electron chi connectivity index (χ3n) is 1.74. The summed E-state index contributed by atoms with van der Waals surface area (Å²) in [6.07, 6.45) is 0.263. The fourth-order valence-corrected chi connectivity index (χ4v) is 1.03. The lowest BCUT2D eigenvalue weighted by Gasteiger charge is -2.08. The number of amides is 1. The Balaban J connectivity index is 2.80. The van der Waals surface area contributed by atoms with Crippen LogP contribution in [0.3, 0.4) is 0 Å². The highest BCUT2D eigenvalue weighted by atomic mass is 16.5. The van der Waals surface area contributed by atoms with Crippen molar-refractivity contribution < 1.29 is 19.5 Å². The van der Waals surface area contributed by atoms with Crippen LogP contribution in [0.5, 0.6) is 0 Å². The zero-order valence-corrected chi connectivity index (χ0v) is 8.21. The Bertz CT molecular complexity index is 347. The SMILES string of the molecule is CCOC(=O)c1ccc(N(O)C=O)cc1. The Hall–Kier alpha value is -1.88. The Labute approximate surface area is 86.8 Å². The molecule has 0 radical (unpaired) electrons. The van der Waals surface area contributed by atoms with E-state index in [9.17, 15) is 9.59 Å². The molecule has 0 atom stereocenters. The summed E-state index contributed by atoms with van der Waals surface area (Å²) in [5.74, 6) is -0.431. The Morgan fingerprint density at radius 1 is 1.47 bits per heavy atom. The van der Waals surface area contributed by atoms with Gasteiger partial charge in [-0.05, 0) is 31.2 Å². The number of anilines is 1. The summed E-state index contributed by atoms with van der Waals surface area (Å²) in [6.45, 7) is 2.02. The molecule has 0 aliphatic rings. The topological polar surface area (TPSA) is 66.8 Å². The van der Waals surface area contributed by atoms with E-state index in [1.807, 2.05) is 0 Å². The van der Waals surface area contributed by atoms with E-state index in [-0.39, 0.29) is 12.1 Å². The minimum atomic E-state index is -0.431. The van der Waals surface area contributed by atoms with Gasteiger partial charge >= 0.3 is 5.97 Å². The number of hydrogen-bond acceptors (Lipinski definition) is 4. The summed E-state index contributed by atoms with van der Waals surface area (Å²) in [6, 6.07) is 5.83. The minimum absolute atomic E-state index is 0.263. The molecule has 0 saturated heterocycles. The van der Waals surface area contributed by atoms with E-state index in [0.29, 0.717) is 17.2 Å². The van der Waals surface area contributed by atoms with Crippen LogP contribution in [0.15, 0.2) is 24.3 Å². The van der Waals surface area contributed by atoms with Crippen LogP contribution in [-0.4, -0.2) is 24.2 Å². The van der Waals surface area contributed by atoms with Crippen molar-refractivity contribution in [1.29, 1.82) is 0 Å². The average Bonchev–Trinajstić information content (AvgIpc) is 2.28. The second kappa shape index (κ2) is 5.11. The summed E-state index contributed by atoms with van der Waals surface area (Å²) in [4.78, 5) is 21.4. The maximum atomic E-state index is 11.2. The lowest BCUT2D eigenvalue weighted by molar-refractivity contribution is -0.111. The number of rotatable bonds is 4. The molecule has 0 saturated carbocycles. The average molecular weight is 209 g/mol. The van der Waals surface area contributed by atoms with Crippen LogP contribution < -0.4 is 5.06 Å². The number of hydrogen-bond donors (Lipinski definition) is 1. The number of nitrogens with zero attached hydrogens (tertiary/aromatic N) is 1. The lowest BCUT2D eigenvalue weighted by atomic mass is 10.2. The highest BCUT2D eigenvalue weighted by molar-refractivity contribution is 5.90. The van der Waals surface area contributed by atoms with Crippen molar-refractivity contribution in [2.75, 3.05) is 11.7 Å². The number of carbonyl (C=O) groups is 2. The molecule has 0 spiro atoms. The molecule has 0 bridgehead atoms. The first-order valence-electron chi connectivity index (χ1n) is 4.39. The molecule has 0 heterocycles. The van der Waals surface area contributed by atoms with E-state index in [2.05, 4.69) is 0 Å². The number of hydroxylamine groups is 1. The van der Waals surface area contributed by atoms with Gasteiger partial charge in [0.1, 0.15) is 0 Å². The molecule has 5 heteroatoms. The monoisotopic (exact) mass is 209 g/mol. The van der Waals surface area contributed by atoms with Gasteiger partial charge < -0.3 is 4.74 Å². The number of ether oxygens (including phenoxy) is 1. The fourth-order valence-electron chi connectivity index (χ4n) is 1.03. The summed E-state index contributed by atoms with van der Waals surface area (Å²) in [5.41, 5.74) is 0.665. The van der Waals surface area contributed by atoms with Crippen molar-refractivity contribution in [2.45, 2.75) is 6.92 Å². The Morgan fingerprint density at radius 3 is 2.53 bits per heavy atom. The largest absolute Gasteiger partial charge is 0.462 e. The zero-order valence-electron chi connectivity index (χ0n) is 8.21.